The summed E-state index contributed by atoms with van der Waals surface area (Å²) in [5.74, 6) is 0. The van der Waals surface area contributed by atoms with E-state index in [1.165, 1.54) is 11.1 Å². The molecular formula is C30H19ClO. The van der Waals surface area contributed by atoms with Gasteiger partial charge in [0.2, 0.25) is 0 Å². The molecule has 5 aromatic carbocycles. The highest BCUT2D eigenvalue weighted by Gasteiger charge is 2.14. The molecule has 1 heterocycles. The first kappa shape index (κ1) is 18.9. The van der Waals surface area contributed by atoms with Crippen molar-refractivity contribution in [3.05, 3.63) is 120 Å². The minimum atomic E-state index is 0.729. The predicted octanol–water partition coefficient (Wildman–Crippen LogP) is 9.24. The van der Waals surface area contributed by atoms with Crippen molar-refractivity contribution >= 4 is 33.5 Å². The number of furan rings is 1. The summed E-state index contributed by atoms with van der Waals surface area (Å²) in [6.07, 6.45) is 0. The highest BCUT2D eigenvalue weighted by molar-refractivity contribution is 6.33. The van der Waals surface area contributed by atoms with Gasteiger partial charge in [0, 0.05) is 21.4 Å². The van der Waals surface area contributed by atoms with Crippen LogP contribution < -0.4 is 0 Å². The van der Waals surface area contributed by atoms with Crippen LogP contribution >= 0.6 is 11.6 Å². The Bertz CT molecular complexity index is 1560. The zero-order chi connectivity index (χ0) is 21.5. The molecule has 0 radical (unpaired) electrons. The predicted molar refractivity (Wildman–Crippen MR) is 135 cm³/mol. The lowest BCUT2D eigenvalue weighted by atomic mass is 9.97. The third-order valence-corrected chi connectivity index (χ3v) is 6.28. The van der Waals surface area contributed by atoms with Gasteiger partial charge in [0.25, 0.3) is 0 Å². The summed E-state index contributed by atoms with van der Waals surface area (Å²) in [4.78, 5) is 0. The molecule has 0 atom stereocenters. The maximum atomic E-state index is 6.72. The minimum Gasteiger partial charge on any atom is -0.456 e. The van der Waals surface area contributed by atoms with Gasteiger partial charge in [-0.1, -0.05) is 103 Å². The molecule has 1 aromatic heterocycles. The maximum Gasteiger partial charge on any atom is 0.136 e. The fourth-order valence-electron chi connectivity index (χ4n) is 4.41. The smallest absolute Gasteiger partial charge is 0.136 e. The van der Waals surface area contributed by atoms with Crippen molar-refractivity contribution in [3.63, 3.8) is 0 Å². The molecule has 0 fully saturated rings. The number of fused-ring (bicyclic) bond motifs is 3. The number of rotatable bonds is 3. The van der Waals surface area contributed by atoms with Gasteiger partial charge in [-0.05, 0) is 52.1 Å². The first-order valence-electron chi connectivity index (χ1n) is 10.6. The lowest BCUT2D eigenvalue weighted by molar-refractivity contribution is 0.669. The van der Waals surface area contributed by atoms with Crippen LogP contribution in [0.3, 0.4) is 0 Å². The van der Waals surface area contributed by atoms with Crippen molar-refractivity contribution in [3.8, 4) is 33.4 Å². The van der Waals surface area contributed by atoms with Gasteiger partial charge in [-0.15, -0.1) is 0 Å². The molecule has 152 valence electrons. The molecule has 0 aliphatic rings. The molecule has 1 nitrogen and oxygen atoms in total. The quantitative estimate of drug-likeness (QED) is 0.272. The van der Waals surface area contributed by atoms with Crippen LogP contribution in [0.1, 0.15) is 0 Å². The summed E-state index contributed by atoms with van der Waals surface area (Å²) >= 11 is 6.72. The van der Waals surface area contributed by atoms with E-state index in [0.29, 0.717) is 0 Å². The zero-order valence-corrected chi connectivity index (χ0v) is 18.0. The molecule has 0 unspecified atom stereocenters. The Morgan fingerprint density at radius 2 is 1.19 bits per heavy atom. The van der Waals surface area contributed by atoms with Crippen molar-refractivity contribution < 1.29 is 4.42 Å². The molecule has 0 amide bonds. The molecule has 0 aliphatic heterocycles. The summed E-state index contributed by atoms with van der Waals surface area (Å²) in [6, 6.07) is 39.5. The topological polar surface area (TPSA) is 13.1 Å². The molecular weight excluding hydrogens is 412 g/mol. The normalized spacial score (nSPS) is 11.3. The van der Waals surface area contributed by atoms with E-state index in [9.17, 15) is 0 Å². The van der Waals surface area contributed by atoms with E-state index in [2.05, 4.69) is 72.8 Å². The largest absolute Gasteiger partial charge is 0.456 e. The second kappa shape index (κ2) is 7.71. The molecule has 0 spiro atoms. The van der Waals surface area contributed by atoms with E-state index in [0.717, 1.165) is 49.2 Å². The monoisotopic (exact) mass is 430 g/mol. The van der Waals surface area contributed by atoms with E-state index in [1.807, 2.05) is 42.5 Å². The van der Waals surface area contributed by atoms with Gasteiger partial charge in [-0.25, -0.2) is 0 Å². The summed E-state index contributed by atoms with van der Waals surface area (Å²) in [7, 11) is 0. The second-order valence-electron chi connectivity index (χ2n) is 7.92. The lowest BCUT2D eigenvalue weighted by Gasteiger charge is -2.08. The lowest BCUT2D eigenvalue weighted by Crippen LogP contribution is -1.83. The van der Waals surface area contributed by atoms with Crippen LogP contribution in [-0.4, -0.2) is 0 Å². The van der Waals surface area contributed by atoms with Crippen molar-refractivity contribution in [1.29, 1.82) is 0 Å². The van der Waals surface area contributed by atoms with Crippen molar-refractivity contribution in [2.75, 3.05) is 0 Å². The Morgan fingerprint density at radius 3 is 1.94 bits per heavy atom. The van der Waals surface area contributed by atoms with Crippen molar-refractivity contribution in [2.45, 2.75) is 0 Å². The van der Waals surface area contributed by atoms with Gasteiger partial charge in [0.1, 0.15) is 11.2 Å². The Kier molecular flexibility index (Phi) is 4.56. The van der Waals surface area contributed by atoms with Crippen molar-refractivity contribution in [2.24, 2.45) is 0 Å². The van der Waals surface area contributed by atoms with Crippen LogP contribution in [-0.2, 0) is 0 Å². The summed E-state index contributed by atoms with van der Waals surface area (Å²) < 4.78 is 6.27. The van der Waals surface area contributed by atoms with Crippen LogP contribution in [0.5, 0.6) is 0 Å². The highest BCUT2D eigenvalue weighted by atomic mass is 35.5. The van der Waals surface area contributed by atoms with Crippen LogP contribution in [0.25, 0.3) is 55.3 Å². The van der Waals surface area contributed by atoms with E-state index in [4.69, 9.17) is 16.0 Å². The molecule has 6 aromatic rings. The van der Waals surface area contributed by atoms with Crippen molar-refractivity contribution in [1.82, 2.24) is 0 Å². The number of hydrogen-bond acceptors (Lipinski definition) is 1. The van der Waals surface area contributed by atoms with Crippen LogP contribution in [0.2, 0.25) is 5.02 Å². The summed E-state index contributed by atoms with van der Waals surface area (Å²) in [6.45, 7) is 0. The minimum absolute atomic E-state index is 0.729. The second-order valence-corrected chi connectivity index (χ2v) is 8.33. The molecule has 2 heteroatoms. The standard InChI is InChI=1S/C30H19ClO/c31-27-18-22(20-8-3-1-4-9-20)14-16-24(27)23-15-17-26-29(19-23)32-28-13-7-12-25(30(26)28)21-10-5-2-6-11-21/h1-19H. The van der Waals surface area contributed by atoms with E-state index < -0.39 is 0 Å². The summed E-state index contributed by atoms with van der Waals surface area (Å²) in [5.41, 5.74) is 8.43. The molecule has 32 heavy (non-hydrogen) atoms. The number of benzene rings is 5. The van der Waals surface area contributed by atoms with Gasteiger partial charge in [-0.3, -0.25) is 0 Å². The molecule has 0 bridgehead atoms. The Balaban J connectivity index is 1.47. The number of halogens is 1. The van der Waals surface area contributed by atoms with E-state index in [1.54, 1.807) is 0 Å². The van der Waals surface area contributed by atoms with Crippen LogP contribution in [0, 0.1) is 0 Å². The maximum absolute atomic E-state index is 6.72. The molecule has 0 saturated heterocycles. The van der Waals surface area contributed by atoms with Gasteiger partial charge < -0.3 is 4.42 Å². The van der Waals surface area contributed by atoms with Gasteiger partial charge in [-0.2, -0.15) is 0 Å². The third kappa shape index (κ3) is 3.19. The highest BCUT2D eigenvalue weighted by Crippen LogP contribution is 2.39. The Morgan fingerprint density at radius 1 is 0.469 bits per heavy atom. The SMILES string of the molecule is Clc1cc(-c2ccccc2)ccc1-c1ccc2c(c1)oc1cccc(-c3ccccc3)c12. The summed E-state index contributed by atoms with van der Waals surface area (Å²) in [5, 5.41) is 2.98. The molecule has 0 N–H and O–H groups in total. The fraction of sp³-hybridized carbons (Fsp3) is 0. The Labute approximate surface area is 191 Å². The van der Waals surface area contributed by atoms with Gasteiger partial charge in [0.15, 0.2) is 0 Å². The molecule has 6 rings (SSSR count). The average Bonchev–Trinajstić information content (AvgIpc) is 3.23. The van der Waals surface area contributed by atoms with Crippen LogP contribution in [0.15, 0.2) is 120 Å². The molecule has 0 aliphatic carbocycles. The van der Waals surface area contributed by atoms with Gasteiger partial charge >= 0.3 is 0 Å². The average molecular weight is 431 g/mol. The van der Waals surface area contributed by atoms with E-state index >= 15 is 0 Å². The first-order chi connectivity index (χ1) is 15.8. The Hall–Kier alpha value is -3.81. The van der Waals surface area contributed by atoms with Gasteiger partial charge in [0.05, 0.1) is 0 Å². The van der Waals surface area contributed by atoms with E-state index in [-0.39, 0.29) is 0 Å². The van der Waals surface area contributed by atoms with Crippen LogP contribution in [0.4, 0.5) is 0 Å². The third-order valence-electron chi connectivity index (χ3n) is 5.97. The number of hydrogen-bond donors (Lipinski definition) is 0. The first-order valence-corrected chi connectivity index (χ1v) is 11.0. The fourth-order valence-corrected chi connectivity index (χ4v) is 4.70. The zero-order valence-electron chi connectivity index (χ0n) is 17.3. The molecule has 0 saturated carbocycles.